The quantitative estimate of drug-likeness (QED) is 0.595. The van der Waals surface area contributed by atoms with Crippen LogP contribution in [-0.4, -0.2) is 42.0 Å². The Bertz CT molecular complexity index is 979. The van der Waals surface area contributed by atoms with Gasteiger partial charge in [0.1, 0.15) is 17.5 Å². The van der Waals surface area contributed by atoms with Crippen molar-refractivity contribution in [1.29, 1.82) is 0 Å². The Morgan fingerprint density at radius 1 is 1.09 bits per heavy atom. The number of nitrogens with zero attached hydrogens (tertiary/aromatic N) is 1. The maximum Gasteiger partial charge on any atom is 0.261 e. The smallest absolute Gasteiger partial charge is 0.261 e. The van der Waals surface area contributed by atoms with Crippen molar-refractivity contribution in [2.45, 2.75) is 73.0 Å². The van der Waals surface area contributed by atoms with E-state index in [-0.39, 0.29) is 25.0 Å². The lowest BCUT2D eigenvalue weighted by molar-refractivity contribution is -0.143. The molecule has 0 fully saturated rings. The number of carbonyl (C=O) groups is 2. The molecule has 6 heteroatoms. The summed E-state index contributed by atoms with van der Waals surface area (Å²) < 4.78 is 11.3. The van der Waals surface area contributed by atoms with E-state index in [2.05, 4.69) is 11.4 Å². The maximum absolute atomic E-state index is 13.4. The molecule has 0 aliphatic rings. The summed E-state index contributed by atoms with van der Waals surface area (Å²) in [5.74, 6) is 0.972. The van der Waals surface area contributed by atoms with E-state index >= 15 is 0 Å². The van der Waals surface area contributed by atoms with Crippen molar-refractivity contribution in [1.82, 2.24) is 10.2 Å². The van der Waals surface area contributed by atoms with Gasteiger partial charge in [0.15, 0.2) is 6.61 Å². The number of carbonyl (C=O) groups excluding carboxylic acids is 2. The molecular formula is C27H38N2O4. The lowest BCUT2D eigenvalue weighted by Crippen LogP contribution is -2.54. The number of hydrogen-bond donors (Lipinski definition) is 1. The third kappa shape index (κ3) is 7.52. The fourth-order valence-electron chi connectivity index (χ4n) is 3.71. The van der Waals surface area contributed by atoms with E-state index in [9.17, 15) is 9.59 Å². The number of benzene rings is 2. The van der Waals surface area contributed by atoms with Crippen LogP contribution in [0.3, 0.4) is 0 Å². The molecule has 2 amide bonds. The van der Waals surface area contributed by atoms with Crippen LogP contribution in [0.2, 0.25) is 0 Å². The van der Waals surface area contributed by atoms with Gasteiger partial charge in [0.2, 0.25) is 5.91 Å². The molecule has 1 atom stereocenters. The molecule has 0 bridgehead atoms. The van der Waals surface area contributed by atoms with Gasteiger partial charge in [0.05, 0.1) is 7.11 Å². The van der Waals surface area contributed by atoms with Crippen LogP contribution in [0.5, 0.6) is 11.5 Å². The predicted octanol–water partition coefficient (Wildman–Crippen LogP) is 4.72. The topological polar surface area (TPSA) is 67.9 Å². The Morgan fingerprint density at radius 2 is 1.79 bits per heavy atom. The number of amides is 2. The Hall–Kier alpha value is -3.02. The van der Waals surface area contributed by atoms with Gasteiger partial charge in [-0.3, -0.25) is 9.59 Å². The number of aryl methyl sites for hydroxylation is 2. The molecule has 0 saturated carbocycles. The zero-order valence-corrected chi connectivity index (χ0v) is 21.2. The van der Waals surface area contributed by atoms with Gasteiger partial charge in [-0.25, -0.2) is 0 Å². The molecule has 0 heterocycles. The zero-order chi connectivity index (χ0) is 24.8. The van der Waals surface area contributed by atoms with E-state index in [1.807, 2.05) is 78.8 Å². The van der Waals surface area contributed by atoms with Crippen LogP contribution in [-0.2, 0) is 16.1 Å². The van der Waals surface area contributed by atoms with Gasteiger partial charge >= 0.3 is 0 Å². The summed E-state index contributed by atoms with van der Waals surface area (Å²) in [6, 6.07) is 10.9. The van der Waals surface area contributed by atoms with E-state index in [1.54, 1.807) is 12.0 Å². The Labute approximate surface area is 198 Å². The van der Waals surface area contributed by atoms with E-state index in [4.69, 9.17) is 9.47 Å². The van der Waals surface area contributed by atoms with E-state index in [0.717, 1.165) is 22.3 Å². The largest absolute Gasteiger partial charge is 0.497 e. The first-order valence-electron chi connectivity index (χ1n) is 11.4. The summed E-state index contributed by atoms with van der Waals surface area (Å²) in [6.07, 6.45) is 0.486. The van der Waals surface area contributed by atoms with Crippen LogP contribution in [0.25, 0.3) is 0 Å². The molecule has 2 aromatic rings. The van der Waals surface area contributed by atoms with Crippen LogP contribution in [0.1, 0.15) is 56.4 Å². The number of methoxy groups -OCH3 is 1. The molecule has 1 N–H and O–H groups in total. The van der Waals surface area contributed by atoms with Crippen molar-refractivity contribution in [3.05, 3.63) is 58.7 Å². The first kappa shape index (κ1) is 26.2. The lowest BCUT2D eigenvalue weighted by Gasteiger charge is -2.33. The summed E-state index contributed by atoms with van der Waals surface area (Å²) in [5, 5.41) is 3.01. The molecule has 180 valence electrons. The highest BCUT2D eigenvalue weighted by Gasteiger charge is 2.31. The molecule has 0 aliphatic heterocycles. The molecule has 0 spiro atoms. The average molecular weight is 455 g/mol. The van der Waals surface area contributed by atoms with E-state index < -0.39 is 11.6 Å². The van der Waals surface area contributed by atoms with Crippen LogP contribution >= 0.6 is 0 Å². The fourth-order valence-corrected chi connectivity index (χ4v) is 3.71. The highest BCUT2D eigenvalue weighted by atomic mass is 16.5. The zero-order valence-electron chi connectivity index (χ0n) is 21.2. The lowest BCUT2D eigenvalue weighted by atomic mass is 10.1. The van der Waals surface area contributed by atoms with Crippen LogP contribution in [0, 0.1) is 20.8 Å². The molecule has 0 aliphatic carbocycles. The molecule has 33 heavy (non-hydrogen) atoms. The Morgan fingerprint density at radius 3 is 2.39 bits per heavy atom. The molecular weight excluding hydrogens is 416 g/mol. The molecule has 6 nitrogen and oxygen atoms in total. The maximum atomic E-state index is 13.4. The summed E-state index contributed by atoms with van der Waals surface area (Å²) >= 11 is 0. The van der Waals surface area contributed by atoms with Gasteiger partial charge in [-0.05, 0) is 88.4 Å². The van der Waals surface area contributed by atoms with Crippen molar-refractivity contribution in [2.24, 2.45) is 0 Å². The van der Waals surface area contributed by atoms with Crippen LogP contribution in [0.4, 0.5) is 0 Å². The molecule has 0 saturated heterocycles. The van der Waals surface area contributed by atoms with Crippen LogP contribution in [0.15, 0.2) is 36.4 Å². The van der Waals surface area contributed by atoms with Crippen molar-refractivity contribution in [3.63, 3.8) is 0 Å². The number of ether oxygens (including phenoxy) is 2. The summed E-state index contributed by atoms with van der Waals surface area (Å²) in [4.78, 5) is 28.1. The predicted molar refractivity (Wildman–Crippen MR) is 132 cm³/mol. The van der Waals surface area contributed by atoms with Gasteiger partial charge in [0.25, 0.3) is 5.91 Å². The molecule has 2 rings (SSSR count). The summed E-state index contributed by atoms with van der Waals surface area (Å²) in [7, 11) is 1.60. The highest BCUT2D eigenvalue weighted by molar-refractivity contribution is 5.88. The molecule has 2 aromatic carbocycles. The number of rotatable bonds is 9. The van der Waals surface area contributed by atoms with Gasteiger partial charge in [-0.2, -0.15) is 0 Å². The second kappa shape index (κ2) is 11.2. The standard InChI is InChI=1S/C27H38N2O4/c1-9-23(26(31)28-27(5,6)7)29(16-21-11-10-12-22(15-21)32-8)25(30)17-33-24-14-18(2)13-19(3)20(24)4/h10-15,23H,9,16-17H2,1-8H3,(H,28,31). The Balaban J connectivity index is 2.31. The average Bonchev–Trinajstić information content (AvgIpc) is 2.73. The molecule has 0 aromatic heterocycles. The van der Waals surface area contributed by atoms with Gasteiger partial charge in [-0.1, -0.05) is 25.1 Å². The van der Waals surface area contributed by atoms with Crippen molar-refractivity contribution >= 4 is 11.8 Å². The second-order valence-electron chi connectivity index (χ2n) is 9.53. The van der Waals surface area contributed by atoms with Crippen molar-refractivity contribution in [2.75, 3.05) is 13.7 Å². The fraction of sp³-hybridized carbons (Fsp3) is 0.481. The van der Waals surface area contributed by atoms with Crippen molar-refractivity contribution in [3.8, 4) is 11.5 Å². The second-order valence-corrected chi connectivity index (χ2v) is 9.53. The molecule has 0 radical (unpaired) electrons. The first-order chi connectivity index (χ1) is 15.4. The Kier molecular flexibility index (Phi) is 8.91. The third-order valence-electron chi connectivity index (χ3n) is 5.49. The summed E-state index contributed by atoms with van der Waals surface area (Å²) in [6.45, 7) is 13.8. The number of hydrogen-bond acceptors (Lipinski definition) is 4. The van der Waals surface area contributed by atoms with Crippen LogP contribution < -0.4 is 14.8 Å². The van der Waals surface area contributed by atoms with Crippen molar-refractivity contribution < 1.29 is 19.1 Å². The minimum Gasteiger partial charge on any atom is -0.497 e. The molecule has 1 unspecified atom stereocenters. The first-order valence-corrected chi connectivity index (χ1v) is 11.4. The minimum atomic E-state index is -0.619. The minimum absolute atomic E-state index is 0.146. The van der Waals surface area contributed by atoms with E-state index in [0.29, 0.717) is 17.9 Å². The SMILES string of the molecule is CCC(C(=O)NC(C)(C)C)N(Cc1cccc(OC)c1)C(=O)COc1cc(C)cc(C)c1C. The highest BCUT2D eigenvalue weighted by Crippen LogP contribution is 2.24. The normalized spacial score (nSPS) is 12.1. The van der Waals surface area contributed by atoms with Gasteiger partial charge < -0.3 is 19.7 Å². The monoisotopic (exact) mass is 454 g/mol. The van der Waals surface area contributed by atoms with E-state index in [1.165, 1.54) is 0 Å². The third-order valence-corrected chi connectivity index (χ3v) is 5.49. The van der Waals surface area contributed by atoms with Gasteiger partial charge in [-0.15, -0.1) is 0 Å². The number of nitrogens with one attached hydrogen (secondary N) is 1. The summed E-state index contributed by atoms with van der Waals surface area (Å²) in [5.41, 5.74) is 3.67. The van der Waals surface area contributed by atoms with Gasteiger partial charge in [0, 0.05) is 12.1 Å².